The number of esters is 1. The second-order valence-corrected chi connectivity index (χ2v) is 4.33. The molecule has 0 N–H and O–H groups in total. The monoisotopic (exact) mass is 257 g/mol. The van der Waals surface area contributed by atoms with E-state index in [4.69, 9.17) is 10.00 Å². The molecular weight excluding hydrogens is 238 g/mol. The van der Waals surface area contributed by atoms with Crippen LogP contribution in [0.1, 0.15) is 32.3 Å². The molecule has 1 aromatic carbocycles. The van der Waals surface area contributed by atoms with E-state index in [2.05, 4.69) is 0 Å². The number of nitriles is 1. The number of allylic oxidation sites excluding steroid dienone is 1. The Balaban J connectivity index is 2.63. The van der Waals surface area contributed by atoms with E-state index in [9.17, 15) is 4.79 Å². The zero-order valence-electron chi connectivity index (χ0n) is 11.4. The first-order valence-electron chi connectivity index (χ1n) is 6.54. The van der Waals surface area contributed by atoms with Crippen LogP contribution in [0.3, 0.4) is 0 Å². The number of benzene rings is 1. The van der Waals surface area contributed by atoms with Gasteiger partial charge in [0.05, 0.1) is 0 Å². The van der Waals surface area contributed by atoms with Gasteiger partial charge in [0.1, 0.15) is 18.2 Å². The normalized spacial score (nSPS) is 11.2. The largest absolute Gasteiger partial charge is 0.457 e. The molecule has 0 unspecified atom stereocenters. The molecule has 0 fully saturated rings. The number of hydrogen-bond acceptors (Lipinski definition) is 3. The molecule has 100 valence electrons. The predicted molar refractivity (Wildman–Crippen MR) is 74.0 cm³/mol. The van der Waals surface area contributed by atoms with E-state index in [-0.39, 0.29) is 18.1 Å². The van der Waals surface area contributed by atoms with Gasteiger partial charge in [0.15, 0.2) is 0 Å². The molecule has 3 heteroatoms. The van der Waals surface area contributed by atoms with E-state index in [1.165, 1.54) is 0 Å². The fraction of sp³-hybridized carbons (Fsp3) is 0.375. The van der Waals surface area contributed by atoms with E-state index in [0.717, 1.165) is 18.4 Å². The molecule has 0 amide bonds. The van der Waals surface area contributed by atoms with Crippen LogP contribution in [0.4, 0.5) is 0 Å². The van der Waals surface area contributed by atoms with Crippen LogP contribution >= 0.6 is 0 Å². The third kappa shape index (κ3) is 4.97. The molecule has 1 rings (SSSR count). The summed E-state index contributed by atoms with van der Waals surface area (Å²) < 4.78 is 5.14. The van der Waals surface area contributed by atoms with Crippen molar-refractivity contribution in [3.63, 3.8) is 0 Å². The van der Waals surface area contributed by atoms with Gasteiger partial charge < -0.3 is 4.74 Å². The summed E-state index contributed by atoms with van der Waals surface area (Å²) in [7, 11) is 0. The van der Waals surface area contributed by atoms with Crippen molar-refractivity contribution in [3.8, 4) is 6.07 Å². The third-order valence-electron chi connectivity index (χ3n) is 3.00. The molecule has 0 heterocycles. The number of ether oxygens (including phenoxy) is 1. The molecule has 0 spiro atoms. The lowest BCUT2D eigenvalue weighted by Gasteiger charge is -2.08. The standard InChI is InChI=1S/C16H19NO2/c1-3-13(4-2)10-15(11-17)16(18)19-12-14-8-6-5-7-9-14/h5-10,13H,3-4,12H2,1-2H3/b15-10+. The Bertz CT molecular complexity index is 467. The summed E-state index contributed by atoms with van der Waals surface area (Å²) in [6, 6.07) is 11.4. The number of rotatable bonds is 6. The molecule has 0 atom stereocenters. The molecule has 0 aliphatic heterocycles. The summed E-state index contributed by atoms with van der Waals surface area (Å²) in [5, 5.41) is 9.01. The van der Waals surface area contributed by atoms with Gasteiger partial charge in [0.2, 0.25) is 0 Å². The minimum Gasteiger partial charge on any atom is -0.457 e. The summed E-state index contributed by atoms with van der Waals surface area (Å²) in [4.78, 5) is 11.8. The topological polar surface area (TPSA) is 50.1 Å². The average Bonchev–Trinajstić information content (AvgIpc) is 2.47. The van der Waals surface area contributed by atoms with Gasteiger partial charge in [-0.3, -0.25) is 0 Å². The van der Waals surface area contributed by atoms with Crippen LogP contribution in [-0.2, 0) is 16.1 Å². The first kappa shape index (κ1) is 15.0. The van der Waals surface area contributed by atoms with E-state index in [1.54, 1.807) is 6.08 Å². The lowest BCUT2D eigenvalue weighted by molar-refractivity contribution is -0.139. The van der Waals surface area contributed by atoms with Crippen molar-refractivity contribution in [2.75, 3.05) is 0 Å². The van der Waals surface area contributed by atoms with Crippen LogP contribution in [0.15, 0.2) is 42.0 Å². The smallest absolute Gasteiger partial charge is 0.348 e. The Morgan fingerprint density at radius 1 is 1.32 bits per heavy atom. The molecule has 1 aromatic rings. The minimum atomic E-state index is -0.543. The molecule has 0 aromatic heterocycles. The van der Waals surface area contributed by atoms with E-state index < -0.39 is 5.97 Å². The van der Waals surface area contributed by atoms with Crippen LogP contribution in [-0.4, -0.2) is 5.97 Å². The molecule has 0 bridgehead atoms. The summed E-state index contributed by atoms with van der Waals surface area (Å²) in [5.41, 5.74) is 1.01. The van der Waals surface area contributed by atoms with Crippen molar-refractivity contribution in [2.45, 2.75) is 33.3 Å². The lowest BCUT2D eigenvalue weighted by atomic mass is 10.0. The highest BCUT2D eigenvalue weighted by Crippen LogP contribution is 2.13. The van der Waals surface area contributed by atoms with Crippen LogP contribution in [0.5, 0.6) is 0 Å². The van der Waals surface area contributed by atoms with Gasteiger partial charge in [0.25, 0.3) is 0 Å². The Morgan fingerprint density at radius 2 is 1.95 bits per heavy atom. The Morgan fingerprint density at radius 3 is 2.47 bits per heavy atom. The van der Waals surface area contributed by atoms with Gasteiger partial charge in [0, 0.05) is 0 Å². The van der Waals surface area contributed by atoms with Crippen LogP contribution in [0, 0.1) is 17.2 Å². The molecule has 0 aliphatic rings. The SMILES string of the molecule is CCC(/C=C(\C#N)C(=O)OCc1ccccc1)CC. The van der Waals surface area contributed by atoms with Gasteiger partial charge in [-0.05, 0) is 24.3 Å². The van der Waals surface area contributed by atoms with Gasteiger partial charge in [-0.25, -0.2) is 4.79 Å². The van der Waals surface area contributed by atoms with Crippen molar-refractivity contribution in [2.24, 2.45) is 5.92 Å². The summed E-state index contributed by atoms with van der Waals surface area (Å²) in [5.74, 6) is -0.294. The van der Waals surface area contributed by atoms with Crippen molar-refractivity contribution >= 4 is 5.97 Å². The zero-order valence-corrected chi connectivity index (χ0v) is 11.4. The van der Waals surface area contributed by atoms with Gasteiger partial charge in [-0.1, -0.05) is 50.3 Å². The van der Waals surface area contributed by atoms with Crippen molar-refractivity contribution in [3.05, 3.63) is 47.5 Å². The summed E-state index contributed by atoms with van der Waals surface area (Å²) in [6.07, 6.45) is 3.54. The first-order chi connectivity index (χ1) is 9.21. The van der Waals surface area contributed by atoms with Crippen molar-refractivity contribution < 1.29 is 9.53 Å². The second-order valence-electron chi connectivity index (χ2n) is 4.33. The van der Waals surface area contributed by atoms with Gasteiger partial charge in [-0.2, -0.15) is 5.26 Å². The Kier molecular flexibility index (Phi) is 6.38. The van der Waals surface area contributed by atoms with Gasteiger partial charge >= 0.3 is 5.97 Å². The fourth-order valence-electron chi connectivity index (χ4n) is 1.71. The number of carbonyl (C=O) groups is 1. The molecule has 19 heavy (non-hydrogen) atoms. The molecule has 0 saturated carbocycles. The zero-order chi connectivity index (χ0) is 14.1. The lowest BCUT2D eigenvalue weighted by Crippen LogP contribution is -2.08. The van der Waals surface area contributed by atoms with Crippen molar-refractivity contribution in [1.29, 1.82) is 5.26 Å². The molecule has 0 saturated heterocycles. The van der Waals surface area contributed by atoms with Gasteiger partial charge in [-0.15, -0.1) is 0 Å². The van der Waals surface area contributed by atoms with E-state index in [1.807, 2.05) is 50.2 Å². The van der Waals surface area contributed by atoms with E-state index in [0.29, 0.717) is 0 Å². The number of carbonyl (C=O) groups excluding carboxylic acids is 1. The maximum absolute atomic E-state index is 11.8. The maximum Gasteiger partial charge on any atom is 0.348 e. The molecule has 0 aliphatic carbocycles. The Labute approximate surface area is 114 Å². The predicted octanol–water partition coefficient (Wildman–Crippen LogP) is 3.62. The fourth-order valence-corrected chi connectivity index (χ4v) is 1.71. The second kappa shape index (κ2) is 8.10. The van der Waals surface area contributed by atoms with Crippen LogP contribution in [0.2, 0.25) is 0 Å². The molecule has 0 radical (unpaired) electrons. The average molecular weight is 257 g/mol. The van der Waals surface area contributed by atoms with Crippen LogP contribution in [0.25, 0.3) is 0 Å². The molecular formula is C16H19NO2. The highest BCUT2D eigenvalue weighted by Gasteiger charge is 2.12. The third-order valence-corrected chi connectivity index (χ3v) is 3.00. The summed E-state index contributed by atoms with van der Waals surface area (Å²) >= 11 is 0. The Hall–Kier alpha value is -2.08. The minimum absolute atomic E-state index is 0.102. The maximum atomic E-state index is 11.8. The quantitative estimate of drug-likeness (QED) is 0.444. The number of hydrogen-bond donors (Lipinski definition) is 0. The number of nitrogens with zero attached hydrogens (tertiary/aromatic N) is 1. The first-order valence-corrected chi connectivity index (χ1v) is 6.54. The summed E-state index contributed by atoms with van der Waals surface area (Å²) in [6.45, 7) is 4.27. The highest BCUT2D eigenvalue weighted by atomic mass is 16.5. The van der Waals surface area contributed by atoms with Crippen molar-refractivity contribution in [1.82, 2.24) is 0 Å². The van der Waals surface area contributed by atoms with E-state index >= 15 is 0 Å². The molecule has 3 nitrogen and oxygen atoms in total. The van der Waals surface area contributed by atoms with Crippen LogP contribution < -0.4 is 0 Å². The highest BCUT2D eigenvalue weighted by molar-refractivity contribution is 5.92.